The van der Waals surface area contributed by atoms with Gasteiger partial charge in [0.2, 0.25) is 0 Å². The quantitative estimate of drug-likeness (QED) is 0.253. The zero-order valence-corrected chi connectivity index (χ0v) is 21.5. The van der Waals surface area contributed by atoms with Crippen molar-refractivity contribution in [3.8, 4) is 23.5 Å². The highest BCUT2D eigenvalue weighted by Crippen LogP contribution is 2.32. The van der Waals surface area contributed by atoms with E-state index in [9.17, 15) is 0 Å². The number of nitrogens with zero attached hydrogens (tertiary/aromatic N) is 2. The molecule has 0 saturated carbocycles. The third-order valence-electron chi connectivity index (χ3n) is 6.71. The van der Waals surface area contributed by atoms with E-state index >= 15 is 0 Å². The second-order valence-electron chi connectivity index (χ2n) is 9.91. The predicted octanol–water partition coefficient (Wildman–Crippen LogP) is 8.25. The van der Waals surface area contributed by atoms with Crippen molar-refractivity contribution in [1.29, 1.82) is 0 Å². The summed E-state index contributed by atoms with van der Waals surface area (Å²) in [4.78, 5) is 9.47. The van der Waals surface area contributed by atoms with Gasteiger partial charge in [-0.2, -0.15) is 0 Å². The molecular weight excluding hydrogens is 412 g/mol. The van der Waals surface area contributed by atoms with E-state index in [1.54, 1.807) is 0 Å². The van der Waals surface area contributed by atoms with E-state index < -0.39 is 0 Å². The molecule has 3 rings (SSSR count). The Bertz CT molecular complexity index is 1060. The van der Waals surface area contributed by atoms with Gasteiger partial charge in [-0.05, 0) is 67.1 Å². The SMILES string of the molecule is C#CC1C=C(c2ncc(-c3cccc(CCCC(=C)CCC)c3CC)cn2)C=CC1CC(C)C. The van der Waals surface area contributed by atoms with E-state index in [1.165, 1.54) is 28.7 Å². The summed E-state index contributed by atoms with van der Waals surface area (Å²) in [6, 6.07) is 6.63. The van der Waals surface area contributed by atoms with E-state index in [-0.39, 0.29) is 5.92 Å². The average molecular weight is 453 g/mol. The summed E-state index contributed by atoms with van der Waals surface area (Å²) in [5, 5.41) is 0. The van der Waals surface area contributed by atoms with Crippen LogP contribution in [-0.4, -0.2) is 9.97 Å². The molecular formula is C32H40N2. The van der Waals surface area contributed by atoms with Crippen LogP contribution in [0, 0.1) is 30.1 Å². The first-order valence-corrected chi connectivity index (χ1v) is 12.9. The van der Waals surface area contributed by atoms with Crippen molar-refractivity contribution in [2.75, 3.05) is 0 Å². The van der Waals surface area contributed by atoms with Crippen molar-refractivity contribution in [2.24, 2.45) is 17.8 Å². The van der Waals surface area contributed by atoms with Crippen LogP contribution in [0.2, 0.25) is 0 Å². The van der Waals surface area contributed by atoms with E-state index in [0.29, 0.717) is 11.8 Å². The molecule has 0 spiro atoms. The summed E-state index contributed by atoms with van der Waals surface area (Å²) in [6.07, 6.45) is 24.1. The molecule has 2 heteroatoms. The Kier molecular flexibility index (Phi) is 9.46. The molecule has 0 aliphatic heterocycles. The van der Waals surface area contributed by atoms with Gasteiger partial charge < -0.3 is 0 Å². The molecule has 0 N–H and O–H groups in total. The van der Waals surface area contributed by atoms with Crippen LogP contribution in [0.15, 0.2) is 61.0 Å². The van der Waals surface area contributed by atoms with Crippen molar-refractivity contribution in [1.82, 2.24) is 9.97 Å². The number of allylic oxidation sites excluding steroid dienone is 5. The molecule has 1 aromatic carbocycles. The molecule has 1 aliphatic carbocycles. The summed E-state index contributed by atoms with van der Waals surface area (Å²) in [6.45, 7) is 13.2. The number of hydrogen-bond acceptors (Lipinski definition) is 2. The van der Waals surface area contributed by atoms with E-state index in [0.717, 1.165) is 55.5 Å². The van der Waals surface area contributed by atoms with Gasteiger partial charge in [-0.1, -0.05) is 88.6 Å². The van der Waals surface area contributed by atoms with Gasteiger partial charge in [0, 0.05) is 29.4 Å². The summed E-state index contributed by atoms with van der Waals surface area (Å²) >= 11 is 0. The van der Waals surface area contributed by atoms with Crippen molar-refractivity contribution in [3.63, 3.8) is 0 Å². The van der Waals surface area contributed by atoms with Gasteiger partial charge in [0.25, 0.3) is 0 Å². The topological polar surface area (TPSA) is 25.8 Å². The lowest BCUT2D eigenvalue weighted by Gasteiger charge is -2.23. The number of aromatic nitrogens is 2. The Morgan fingerprint density at radius 3 is 2.56 bits per heavy atom. The normalized spacial score (nSPS) is 17.5. The van der Waals surface area contributed by atoms with Crippen molar-refractivity contribution in [2.45, 2.75) is 72.6 Å². The number of aryl methyl sites for hydroxylation is 1. The lowest BCUT2D eigenvalue weighted by molar-refractivity contribution is 0.435. The number of benzene rings is 1. The Labute approximate surface area is 207 Å². The van der Waals surface area contributed by atoms with Crippen LogP contribution < -0.4 is 0 Å². The minimum absolute atomic E-state index is 0.0995. The minimum Gasteiger partial charge on any atom is -0.236 e. The van der Waals surface area contributed by atoms with Gasteiger partial charge in [-0.3, -0.25) is 0 Å². The molecule has 1 heterocycles. The van der Waals surface area contributed by atoms with Crippen LogP contribution in [-0.2, 0) is 12.8 Å². The second-order valence-corrected chi connectivity index (χ2v) is 9.91. The molecule has 178 valence electrons. The van der Waals surface area contributed by atoms with Crippen LogP contribution in [0.1, 0.15) is 76.8 Å². The monoisotopic (exact) mass is 452 g/mol. The molecule has 2 atom stereocenters. The van der Waals surface area contributed by atoms with Crippen molar-refractivity contribution < 1.29 is 0 Å². The first-order valence-electron chi connectivity index (χ1n) is 12.9. The van der Waals surface area contributed by atoms with Crippen LogP contribution in [0.5, 0.6) is 0 Å². The zero-order chi connectivity index (χ0) is 24.5. The third-order valence-corrected chi connectivity index (χ3v) is 6.71. The Morgan fingerprint density at radius 1 is 1.15 bits per heavy atom. The first kappa shape index (κ1) is 25.7. The lowest BCUT2D eigenvalue weighted by Crippen LogP contribution is -2.15. The number of hydrogen-bond donors (Lipinski definition) is 0. The number of terminal acetylenes is 1. The van der Waals surface area contributed by atoms with E-state index in [2.05, 4.69) is 76.6 Å². The lowest BCUT2D eigenvalue weighted by atomic mass is 9.81. The van der Waals surface area contributed by atoms with Crippen LogP contribution >= 0.6 is 0 Å². The highest BCUT2D eigenvalue weighted by Gasteiger charge is 2.21. The minimum atomic E-state index is 0.0995. The van der Waals surface area contributed by atoms with E-state index in [4.69, 9.17) is 16.4 Å². The largest absolute Gasteiger partial charge is 0.236 e. The van der Waals surface area contributed by atoms with Crippen LogP contribution in [0.4, 0.5) is 0 Å². The number of rotatable bonds is 11. The molecule has 2 aromatic rings. The molecule has 1 aromatic heterocycles. The summed E-state index contributed by atoms with van der Waals surface area (Å²) in [7, 11) is 0. The van der Waals surface area contributed by atoms with Gasteiger partial charge in [0.05, 0.1) is 0 Å². The Hall–Kier alpha value is -2.92. The van der Waals surface area contributed by atoms with Crippen molar-refractivity contribution in [3.05, 3.63) is 77.9 Å². The predicted molar refractivity (Wildman–Crippen MR) is 146 cm³/mol. The zero-order valence-electron chi connectivity index (χ0n) is 21.5. The molecule has 0 amide bonds. The molecule has 0 bridgehead atoms. The fourth-order valence-electron chi connectivity index (χ4n) is 4.99. The Morgan fingerprint density at radius 2 is 1.91 bits per heavy atom. The molecule has 1 aliphatic rings. The van der Waals surface area contributed by atoms with Gasteiger partial charge in [0.1, 0.15) is 0 Å². The molecule has 2 nitrogen and oxygen atoms in total. The van der Waals surface area contributed by atoms with Crippen LogP contribution in [0.3, 0.4) is 0 Å². The molecule has 34 heavy (non-hydrogen) atoms. The maximum absolute atomic E-state index is 5.85. The van der Waals surface area contributed by atoms with Crippen LogP contribution in [0.25, 0.3) is 16.7 Å². The maximum atomic E-state index is 5.85. The molecule has 0 radical (unpaired) electrons. The van der Waals surface area contributed by atoms with Gasteiger partial charge >= 0.3 is 0 Å². The fourth-order valence-corrected chi connectivity index (χ4v) is 4.99. The van der Waals surface area contributed by atoms with Gasteiger partial charge in [-0.25, -0.2) is 9.97 Å². The maximum Gasteiger partial charge on any atom is 0.158 e. The first-order chi connectivity index (χ1) is 16.5. The molecule has 2 unspecified atom stereocenters. The summed E-state index contributed by atoms with van der Waals surface area (Å²) in [5.41, 5.74) is 7.54. The molecule has 0 saturated heterocycles. The summed E-state index contributed by atoms with van der Waals surface area (Å²) in [5.74, 6) is 4.81. The van der Waals surface area contributed by atoms with Crippen molar-refractivity contribution >= 4 is 5.57 Å². The second kappa shape index (κ2) is 12.5. The standard InChI is InChI=1S/C32H40N2/c1-7-12-24(6)13-10-14-26-15-11-16-31(30(26)9-3)29-21-33-32(34-22-29)28-18-17-27(19-23(4)5)25(8-2)20-28/h2,11,15-18,20-23,25,27H,6-7,9-10,12-14,19H2,1,3-5H3. The Balaban J connectivity index is 1.77. The fraction of sp³-hybridized carbons (Fsp3) is 0.438. The van der Waals surface area contributed by atoms with Gasteiger partial charge in [-0.15, -0.1) is 6.42 Å². The highest BCUT2D eigenvalue weighted by atomic mass is 14.9. The molecule has 0 fully saturated rings. The summed E-state index contributed by atoms with van der Waals surface area (Å²) < 4.78 is 0. The average Bonchev–Trinajstić information content (AvgIpc) is 2.84. The highest BCUT2D eigenvalue weighted by molar-refractivity contribution is 5.73. The van der Waals surface area contributed by atoms with E-state index in [1.807, 2.05) is 12.4 Å². The third kappa shape index (κ3) is 6.57. The smallest absolute Gasteiger partial charge is 0.158 e. The van der Waals surface area contributed by atoms with Gasteiger partial charge in [0.15, 0.2) is 5.82 Å².